The summed E-state index contributed by atoms with van der Waals surface area (Å²) in [5.74, 6) is 2.06. The van der Waals surface area contributed by atoms with E-state index < -0.39 is 9.84 Å². The van der Waals surface area contributed by atoms with Crippen LogP contribution >= 0.6 is 0 Å². The maximum Gasteiger partial charge on any atom is 0.150 e. The fourth-order valence-electron chi connectivity index (χ4n) is 2.22. The molecule has 1 atom stereocenters. The van der Waals surface area contributed by atoms with E-state index in [2.05, 4.69) is 5.32 Å². The molecule has 2 rings (SSSR count). The Morgan fingerprint density at radius 2 is 1.79 bits per heavy atom. The predicted octanol–water partition coefficient (Wildman–Crippen LogP) is 0.811. The Morgan fingerprint density at radius 3 is 2.29 bits per heavy atom. The van der Waals surface area contributed by atoms with Crippen LogP contribution < -0.4 is 5.32 Å². The molecular weight excluding hydrogens is 198 g/mol. The highest BCUT2D eigenvalue weighted by Gasteiger charge is 2.27. The second kappa shape index (κ2) is 4.19. The average Bonchev–Trinajstić information content (AvgIpc) is 2.36. The summed E-state index contributed by atoms with van der Waals surface area (Å²) >= 11 is 0. The molecule has 1 N–H and O–H groups in total. The molecule has 4 heteroatoms. The third-order valence-corrected chi connectivity index (χ3v) is 5.25. The second-order valence-electron chi connectivity index (χ2n) is 4.72. The summed E-state index contributed by atoms with van der Waals surface area (Å²) in [5.41, 5.74) is 0. The molecule has 1 saturated heterocycles. The van der Waals surface area contributed by atoms with Gasteiger partial charge in [-0.1, -0.05) is 6.42 Å². The largest absolute Gasteiger partial charge is 0.316 e. The van der Waals surface area contributed by atoms with Gasteiger partial charge < -0.3 is 5.32 Å². The third kappa shape index (κ3) is 2.70. The summed E-state index contributed by atoms with van der Waals surface area (Å²) < 4.78 is 22.4. The first kappa shape index (κ1) is 10.4. The van der Waals surface area contributed by atoms with Crippen molar-refractivity contribution in [1.29, 1.82) is 0 Å². The van der Waals surface area contributed by atoms with Gasteiger partial charge in [-0.2, -0.15) is 0 Å². The van der Waals surface area contributed by atoms with Crippen LogP contribution in [0, 0.1) is 11.8 Å². The molecule has 82 valence electrons. The lowest BCUT2D eigenvalue weighted by Gasteiger charge is -2.26. The molecular formula is C10H19NO2S. The lowest BCUT2D eigenvalue weighted by Crippen LogP contribution is -2.31. The lowest BCUT2D eigenvalue weighted by atomic mass is 9.85. The van der Waals surface area contributed by atoms with Crippen LogP contribution in [0.25, 0.3) is 0 Å². The van der Waals surface area contributed by atoms with Crippen LogP contribution in [0.1, 0.15) is 25.7 Å². The van der Waals surface area contributed by atoms with Gasteiger partial charge in [0.1, 0.15) is 0 Å². The van der Waals surface area contributed by atoms with E-state index in [0.717, 1.165) is 25.4 Å². The van der Waals surface area contributed by atoms with Gasteiger partial charge in [-0.05, 0) is 44.2 Å². The molecule has 0 aromatic rings. The van der Waals surface area contributed by atoms with Gasteiger partial charge in [0.05, 0.1) is 11.5 Å². The van der Waals surface area contributed by atoms with Gasteiger partial charge in [-0.3, -0.25) is 0 Å². The van der Waals surface area contributed by atoms with Crippen LogP contribution in [0.15, 0.2) is 0 Å². The average molecular weight is 217 g/mol. The summed E-state index contributed by atoms with van der Waals surface area (Å²) in [6, 6.07) is 0. The quantitative estimate of drug-likeness (QED) is 0.758. The normalized spacial score (nSPS) is 31.6. The van der Waals surface area contributed by atoms with E-state index in [0.29, 0.717) is 17.4 Å². The zero-order valence-electron chi connectivity index (χ0n) is 8.54. The highest BCUT2D eigenvalue weighted by Crippen LogP contribution is 2.25. The first-order valence-corrected chi connectivity index (χ1v) is 7.39. The van der Waals surface area contributed by atoms with Crippen LogP contribution in [0.3, 0.4) is 0 Å². The molecule has 0 spiro atoms. The van der Waals surface area contributed by atoms with Crippen molar-refractivity contribution in [3.63, 3.8) is 0 Å². The van der Waals surface area contributed by atoms with Crippen molar-refractivity contribution in [2.24, 2.45) is 11.8 Å². The summed E-state index contributed by atoms with van der Waals surface area (Å²) in [6.45, 7) is 1.99. The molecule has 0 bridgehead atoms. The van der Waals surface area contributed by atoms with Crippen molar-refractivity contribution in [3.05, 3.63) is 0 Å². The summed E-state index contributed by atoms with van der Waals surface area (Å²) in [5, 5.41) is 3.40. The number of rotatable bonds is 4. The summed E-state index contributed by atoms with van der Waals surface area (Å²) in [6.07, 6.45) is 4.95. The SMILES string of the molecule is O=S1(=O)CCC(CNCC2CCC2)C1. The Bertz CT molecular complexity index is 282. The molecule has 1 aliphatic carbocycles. The Morgan fingerprint density at radius 1 is 1.07 bits per heavy atom. The van der Waals surface area contributed by atoms with E-state index >= 15 is 0 Å². The van der Waals surface area contributed by atoms with Gasteiger partial charge in [-0.15, -0.1) is 0 Å². The molecule has 0 aromatic heterocycles. The third-order valence-electron chi connectivity index (χ3n) is 3.42. The van der Waals surface area contributed by atoms with Crippen LogP contribution in [0.4, 0.5) is 0 Å². The van der Waals surface area contributed by atoms with Gasteiger partial charge in [0.15, 0.2) is 9.84 Å². The fraction of sp³-hybridized carbons (Fsp3) is 1.00. The highest BCUT2D eigenvalue weighted by atomic mass is 32.2. The zero-order valence-corrected chi connectivity index (χ0v) is 9.35. The minimum atomic E-state index is -2.68. The molecule has 1 heterocycles. The van der Waals surface area contributed by atoms with Crippen molar-refractivity contribution in [1.82, 2.24) is 5.32 Å². The van der Waals surface area contributed by atoms with Gasteiger partial charge >= 0.3 is 0 Å². The van der Waals surface area contributed by atoms with E-state index in [4.69, 9.17) is 0 Å². The van der Waals surface area contributed by atoms with Crippen molar-refractivity contribution in [2.75, 3.05) is 24.6 Å². The van der Waals surface area contributed by atoms with Crippen molar-refractivity contribution < 1.29 is 8.42 Å². The second-order valence-corrected chi connectivity index (χ2v) is 6.95. The molecule has 2 aliphatic rings. The van der Waals surface area contributed by atoms with Crippen molar-refractivity contribution in [2.45, 2.75) is 25.7 Å². The van der Waals surface area contributed by atoms with E-state index in [1.54, 1.807) is 0 Å². The van der Waals surface area contributed by atoms with E-state index in [1.165, 1.54) is 19.3 Å². The molecule has 2 fully saturated rings. The van der Waals surface area contributed by atoms with E-state index in [-0.39, 0.29) is 0 Å². The number of hydrogen-bond donors (Lipinski definition) is 1. The Balaban J connectivity index is 1.62. The first-order chi connectivity index (χ1) is 6.66. The summed E-state index contributed by atoms with van der Waals surface area (Å²) in [7, 11) is -2.68. The zero-order chi connectivity index (χ0) is 10.0. The van der Waals surface area contributed by atoms with Crippen LogP contribution in [0.5, 0.6) is 0 Å². The monoisotopic (exact) mass is 217 g/mol. The van der Waals surface area contributed by atoms with Crippen LogP contribution in [0.2, 0.25) is 0 Å². The molecule has 1 aliphatic heterocycles. The minimum absolute atomic E-state index is 0.375. The molecule has 14 heavy (non-hydrogen) atoms. The smallest absolute Gasteiger partial charge is 0.150 e. The lowest BCUT2D eigenvalue weighted by molar-refractivity contribution is 0.296. The standard InChI is InChI=1S/C10H19NO2S/c12-14(13)5-4-10(8-14)7-11-6-9-2-1-3-9/h9-11H,1-8H2. The highest BCUT2D eigenvalue weighted by molar-refractivity contribution is 7.91. The molecule has 0 radical (unpaired) electrons. The minimum Gasteiger partial charge on any atom is -0.316 e. The first-order valence-electron chi connectivity index (χ1n) is 5.57. The number of nitrogens with one attached hydrogen (secondary N) is 1. The Hall–Kier alpha value is -0.0900. The predicted molar refractivity (Wildman–Crippen MR) is 57.0 cm³/mol. The van der Waals surface area contributed by atoms with Gasteiger partial charge in [0, 0.05) is 0 Å². The Labute approximate surface area is 86.2 Å². The summed E-state index contributed by atoms with van der Waals surface area (Å²) in [4.78, 5) is 0. The van der Waals surface area contributed by atoms with E-state index in [9.17, 15) is 8.42 Å². The molecule has 1 unspecified atom stereocenters. The topological polar surface area (TPSA) is 46.2 Å². The van der Waals surface area contributed by atoms with E-state index in [1.807, 2.05) is 0 Å². The van der Waals surface area contributed by atoms with Crippen LogP contribution in [-0.2, 0) is 9.84 Å². The maximum atomic E-state index is 11.2. The Kier molecular flexibility index (Phi) is 3.12. The molecule has 3 nitrogen and oxygen atoms in total. The number of hydrogen-bond acceptors (Lipinski definition) is 3. The van der Waals surface area contributed by atoms with Crippen LogP contribution in [-0.4, -0.2) is 33.0 Å². The van der Waals surface area contributed by atoms with Gasteiger partial charge in [0.2, 0.25) is 0 Å². The van der Waals surface area contributed by atoms with Gasteiger partial charge in [0.25, 0.3) is 0 Å². The fourth-order valence-corrected chi connectivity index (χ4v) is 4.08. The van der Waals surface area contributed by atoms with Gasteiger partial charge in [-0.25, -0.2) is 8.42 Å². The molecule has 1 saturated carbocycles. The molecule has 0 aromatic carbocycles. The van der Waals surface area contributed by atoms with Crippen molar-refractivity contribution >= 4 is 9.84 Å². The maximum absolute atomic E-state index is 11.2. The van der Waals surface area contributed by atoms with Crippen molar-refractivity contribution in [3.8, 4) is 0 Å². The molecule has 0 amide bonds. The number of sulfone groups is 1.